The van der Waals surface area contributed by atoms with Crippen molar-refractivity contribution in [2.75, 3.05) is 7.11 Å². The molecule has 0 saturated heterocycles. The maximum Gasteiger partial charge on any atom is 0.118 e. The highest BCUT2D eigenvalue weighted by molar-refractivity contribution is 7.09. The van der Waals surface area contributed by atoms with E-state index >= 15 is 0 Å². The molecule has 146 valence electrons. The van der Waals surface area contributed by atoms with Crippen molar-refractivity contribution < 1.29 is 4.84 Å². The molecule has 3 nitrogen and oxygen atoms in total. The molecule has 0 radical (unpaired) electrons. The summed E-state index contributed by atoms with van der Waals surface area (Å²) in [6, 6.07) is 15.2. The van der Waals surface area contributed by atoms with Gasteiger partial charge in [-0.2, -0.15) is 0 Å². The van der Waals surface area contributed by atoms with Gasteiger partial charge in [-0.05, 0) is 55.4 Å². The number of hydrogen-bond donors (Lipinski definition) is 0. The lowest BCUT2D eigenvalue weighted by Gasteiger charge is -2.06. The number of thiazole rings is 1. The standard InChI is InChI=1S/C22H22N2OS.C2H6/c1-15-23-17(14-26-15)8-4-3-7-16-11-12-19-18-9-5-6-10-20(18)22(24-25-2)21(19)13-16;1-2/h5-6,9-14H,3-4,7-8H2,1-2H3;1-2H3/b24-22-;. The maximum atomic E-state index is 5.11. The van der Waals surface area contributed by atoms with Gasteiger partial charge in [-0.1, -0.05) is 55.4 Å². The molecule has 0 bridgehead atoms. The van der Waals surface area contributed by atoms with Crippen LogP contribution in [0.2, 0.25) is 0 Å². The Bertz CT molecular complexity index is 959. The minimum absolute atomic E-state index is 0.942. The predicted molar refractivity (Wildman–Crippen MR) is 119 cm³/mol. The Kier molecular flexibility index (Phi) is 6.99. The first-order valence-corrected chi connectivity index (χ1v) is 10.9. The predicted octanol–water partition coefficient (Wildman–Crippen LogP) is 6.42. The summed E-state index contributed by atoms with van der Waals surface area (Å²) in [5, 5.41) is 7.63. The van der Waals surface area contributed by atoms with Crippen molar-refractivity contribution in [2.24, 2.45) is 5.16 Å². The second-order valence-corrected chi connectivity index (χ2v) is 7.68. The number of aromatic nitrogens is 1. The second-order valence-electron chi connectivity index (χ2n) is 6.61. The molecule has 0 fully saturated rings. The number of fused-ring (bicyclic) bond motifs is 3. The summed E-state index contributed by atoms with van der Waals surface area (Å²) in [6.07, 6.45) is 4.47. The third-order valence-corrected chi connectivity index (χ3v) is 5.63. The molecule has 3 aromatic rings. The van der Waals surface area contributed by atoms with Crippen LogP contribution in [0.25, 0.3) is 11.1 Å². The molecule has 28 heavy (non-hydrogen) atoms. The van der Waals surface area contributed by atoms with Crippen molar-refractivity contribution >= 4 is 17.0 Å². The number of unbranched alkanes of at least 4 members (excludes halogenated alkanes) is 1. The number of nitrogens with zero attached hydrogens (tertiary/aromatic N) is 2. The molecule has 0 aliphatic heterocycles. The maximum absolute atomic E-state index is 5.11. The highest BCUT2D eigenvalue weighted by Gasteiger charge is 2.25. The molecule has 0 spiro atoms. The minimum atomic E-state index is 0.942. The summed E-state index contributed by atoms with van der Waals surface area (Å²) in [4.78, 5) is 9.66. The largest absolute Gasteiger partial charge is 0.399 e. The lowest BCUT2D eigenvalue weighted by Crippen LogP contribution is -2.00. The van der Waals surface area contributed by atoms with Crippen molar-refractivity contribution in [1.29, 1.82) is 0 Å². The van der Waals surface area contributed by atoms with Crippen LogP contribution in [0.4, 0.5) is 0 Å². The van der Waals surface area contributed by atoms with Crippen LogP contribution in [0.15, 0.2) is 53.0 Å². The summed E-state index contributed by atoms with van der Waals surface area (Å²) < 4.78 is 0. The van der Waals surface area contributed by atoms with E-state index in [4.69, 9.17) is 4.84 Å². The highest BCUT2D eigenvalue weighted by Crippen LogP contribution is 2.37. The Balaban J connectivity index is 0.00000109. The quantitative estimate of drug-likeness (QED) is 0.280. The molecule has 1 aliphatic carbocycles. The molecule has 0 saturated carbocycles. The van der Waals surface area contributed by atoms with Gasteiger partial charge in [-0.3, -0.25) is 0 Å². The molecular weight excluding hydrogens is 364 g/mol. The lowest BCUT2D eigenvalue weighted by atomic mass is 10.00. The van der Waals surface area contributed by atoms with E-state index in [0.717, 1.165) is 29.1 Å². The van der Waals surface area contributed by atoms with E-state index in [2.05, 4.69) is 64.9 Å². The zero-order chi connectivity index (χ0) is 19.9. The summed E-state index contributed by atoms with van der Waals surface area (Å²) in [5.41, 5.74) is 8.35. The molecular formula is C24H28N2OS. The van der Waals surface area contributed by atoms with Crippen molar-refractivity contribution in [1.82, 2.24) is 4.98 Å². The summed E-state index contributed by atoms with van der Waals surface area (Å²) >= 11 is 1.74. The Morgan fingerprint density at radius 3 is 2.36 bits per heavy atom. The average molecular weight is 393 g/mol. The van der Waals surface area contributed by atoms with Crippen LogP contribution < -0.4 is 0 Å². The molecule has 1 aromatic heterocycles. The number of oxime groups is 1. The van der Waals surface area contributed by atoms with E-state index in [0.29, 0.717) is 0 Å². The van der Waals surface area contributed by atoms with Gasteiger partial charge in [-0.15, -0.1) is 11.3 Å². The zero-order valence-corrected chi connectivity index (χ0v) is 18.0. The minimum Gasteiger partial charge on any atom is -0.399 e. The van der Waals surface area contributed by atoms with Crippen molar-refractivity contribution in [3.8, 4) is 11.1 Å². The van der Waals surface area contributed by atoms with Gasteiger partial charge in [0.15, 0.2) is 0 Å². The van der Waals surface area contributed by atoms with E-state index in [1.165, 1.54) is 40.8 Å². The third-order valence-electron chi connectivity index (χ3n) is 4.81. The van der Waals surface area contributed by atoms with Crippen LogP contribution >= 0.6 is 11.3 Å². The van der Waals surface area contributed by atoms with Crippen LogP contribution in [-0.4, -0.2) is 17.8 Å². The molecule has 0 amide bonds. The van der Waals surface area contributed by atoms with Crippen molar-refractivity contribution in [2.45, 2.75) is 46.5 Å². The molecule has 1 heterocycles. The van der Waals surface area contributed by atoms with Gasteiger partial charge in [0.2, 0.25) is 0 Å². The van der Waals surface area contributed by atoms with Crippen LogP contribution in [-0.2, 0) is 17.7 Å². The second kappa shape index (κ2) is 9.65. The van der Waals surface area contributed by atoms with Crippen LogP contribution in [0.3, 0.4) is 0 Å². The number of aryl methyl sites for hydroxylation is 3. The fourth-order valence-electron chi connectivity index (χ4n) is 3.60. The summed E-state index contributed by atoms with van der Waals surface area (Å²) in [5.74, 6) is 0. The lowest BCUT2D eigenvalue weighted by molar-refractivity contribution is 0.214. The normalized spacial score (nSPS) is 12.9. The van der Waals surface area contributed by atoms with Crippen molar-refractivity contribution in [3.63, 3.8) is 0 Å². The van der Waals surface area contributed by atoms with E-state index < -0.39 is 0 Å². The fourth-order valence-corrected chi connectivity index (χ4v) is 4.24. The third kappa shape index (κ3) is 4.33. The number of rotatable bonds is 6. The van der Waals surface area contributed by atoms with E-state index in [-0.39, 0.29) is 0 Å². The molecule has 2 aromatic carbocycles. The van der Waals surface area contributed by atoms with Gasteiger partial charge < -0.3 is 4.84 Å². The molecule has 0 N–H and O–H groups in total. The van der Waals surface area contributed by atoms with Gasteiger partial charge in [0, 0.05) is 16.5 Å². The molecule has 0 atom stereocenters. The summed E-state index contributed by atoms with van der Waals surface area (Å²) in [6.45, 7) is 6.07. The van der Waals surface area contributed by atoms with Crippen LogP contribution in [0.5, 0.6) is 0 Å². The Labute approximate surface area is 172 Å². The summed E-state index contributed by atoms with van der Waals surface area (Å²) in [7, 11) is 1.61. The Morgan fingerprint density at radius 1 is 0.929 bits per heavy atom. The molecule has 1 aliphatic rings. The van der Waals surface area contributed by atoms with E-state index in [1.54, 1.807) is 18.4 Å². The van der Waals surface area contributed by atoms with Crippen molar-refractivity contribution in [3.05, 3.63) is 75.2 Å². The molecule has 4 heteroatoms. The van der Waals surface area contributed by atoms with E-state index in [1.807, 2.05) is 13.8 Å². The Hall–Kier alpha value is -2.46. The first kappa shape index (κ1) is 20.3. The first-order valence-electron chi connectivity index (χ1n) is 10.0. The Morgan fingerprint density at radius 2 is 1.64 bits per heavy atom. The molecule has 0 unspecified atom stereocenters. The average Bonchev–Trinajstić information content (AvgIpc) is 3.29. The first-order chi connectivity index (χ1) is 13.8. The van der Waals surface area contributed by atoms with Gasteiger partial charge >= 0.3 is 0 Å². The van der Waals surface area contributed by atoms with Crippen LogP contribution in [0, 0.1) is 6.92 Å². The van der Waals surface area contributed by atoms with Gasteiger partial charge in [0.1, 0.15) is 12.8 Å². The topological polar surface area (TPSA) is 34.5 Å². The number of hydrogen-bond acceptors (Lipinski definition) is 4. The fraction of sp³-hybridized carbons (Fsp3) is 0.333. The van der Waals surface area contributed by atoms with Gasteiger partial charge in [-0.25, -0.2) is 4.98 Å². The van der Waals surface area contributed by atoms with Gasteiger partial charge in [0.05, 0.1) is 10.7 Å². The highest BCUT2D eigenvalue weighted by atomic mass is 32.1. The van der Waals surface area contributed by atoms with E-state index in [9.17, 15) is 0 Å². The molecule has 4 rings (SSSR count). The zero-order valence-electron chi connectivity index (χ0n) is 17.2. The smallest absolute Gasteiger partial charge is 0.118 e. The monoisotopic (exact) mass is 392 g/mol. The van der Waals surface area contributed by atoms with Gasteiger partial charge in [0.25, 0.3) is 0 Å². The van der Waals surface area contributed by atoms with Crippen LogP contribution in [0.1, 0.15) is 54.1 Å². The number of benzene rings is 2. The SMILES string of the molecule is CC.CO/N=C1/c2ccccc2-c2ccc(CCCCc3csc(C)n3)cc21.